The Morgan fingerprint density at radius 3 is 2.43 bits per heavy atom. The normalized spacial score (nSPS) is 26.4. The van der Waals surface area contributed by atoms with E-state index < -0.39 is 0 Å². The van der Waals surface area contributed by atoms with Crippen molar-refractivity contribution in [3.63, 3.8) is 0 Å². The first-order chi connectivity index (χ1) is 9.89. The van der Waals surface area contributed by atoms with E-state index in [9.17, 15) is 0 Å². The predicted molar refractivity (Wildman–Crippen MR) is 89.7 cm³/mol. The second-order valence-electron chi connectivity index (χ2n) is 8.50. The summed E-state index contributed by atoms with van der Waals surface area (Å²) in [6.07, 6.45) is 9.88. The Kier molecular flexibility index (Phi) is 6.10. The van der Waals surface area contributed by atoms with Crippen LogP contribution in [0, 0.1) is 5.41 Å². The summed E-state index contributed by atoms with van der Waals surface area (Å²) in [5.41, 5.74) is 0.706. The second-order valence-corrected chi connectivity index (χ2v) is 8.50. The van der Waals surface area contributed by atoms with Crippen LogP contribution < -0.4 is 5.32 Å². The molecule has 2 aliphatic rings. The Balaban J connectivity index is 1.83. The third kappa shape index (κ3) is 5.88. The van der Waals surface area contributed by atoms with Gasteiger partial charge in [0.1, 0.15) is 0 Å². The van der Waals surface area contributed by atoms with Gasteiger partial charge in [-0.2, -0.15) is 0 Å². The van der Waals surface area contributed by atoms with Gasteiger partial charge in [-0.3, -0.25) is 0 Å². The van der Waals surface area contributed by atoms with Gasteiger partial charge < -0.3 is 15.0 Å². The van der Waals surface area contributed by atoms with E-state index in [1.54, 1.807) is 0 Å². The van der Waals surface area contributed by atoms with Crippen molar-refractivity contribution >= 4 is 0 Å². The molecule has 0 spiro atoms. The van der Waals surface area contributed by atoms with Crippen LogP contribution in [0.1, 0.15) is 65.7 Å². The lowest BCUT2D eigenvalue weighted by atomic mass is 9.84. The van der Waals surface area contributed by atoms with Gasteiger partial charge in [0.2, 0.25) is 0 Å². The molecule has 1 saturated carbocycles. The third-order valence-electron chi connectivity index (χ3n) is 5.05. The van der Waals surface area contributed by atoms with Gasteiger partial charge in [0.15, 0.2) is 0 Å². The lowest BCUT2D eigenvalue weighted by Gasteiger charge is -2.38. The summed E-state index contributed by atoms with van der Waals surface area (Å²) in [4.78, 5) is 2.53. The standard InChI is InChI=1S/C18H36N2O/c1-17(2,3)19-14-18(10-6-7-11-18)15-20(4)13-16-9-5-8-12-21-16/h16,19H,5-15H2,1-4H3. The van der Waals surface area contributed by atoms with Crippen molar-refractivity contribution in [1.82, 2.24) is 10.2 Å². The molecule has 0 radical (unpaired) electrons. The number of nitrogens with zero attached hydrogens (tertiary/aromatic N) is 1. The molecular formula is C18H36N2O. The Bertz CT molecular complexity index is 299. The molecule has 0 bridgehead atoms. The molecule has 1 aliphatic heterocycles. The average molecular weight is 296 g/mol. The first-order valence-corrected chi connectivity index (χ1v) is 8.94. The van der Waals surface area contributed by atoms with E-state index in [-0.39, 0.29) is 5.54 Å². The minimum absolute atomic E-state index is 0.223. The Morgan fingerprint density at radius 1 is 1.14 bits per heavy atom. The average Bonchev–Trinajstić information content (AvgIpc) is 2.86. The SMILES string of the molecule is CN(CC1CCCCO1)CC1(CNC(C)(C)C)CCCC1. The zero-order valence-corrected chi connectivity index (χ0v) is 14.7. The molecule has 1 atom stereocenters. The van der Waals surface area contributed by atoms with Gasteiger partial charge in [0.25, 0.3) is 0 Å². The summed E-state index contributed by atoms with van der Waals surface area (Å²) < 4.78 is 5.90. The lowest BCUT2D eigenvalue weighted by Crippen LogP contribution is -2.48. The molecule has 21 heavy (non-hydrogen) atoms. The zero-order valence-electron chi connectivity index (χ0n) is 14.7. The Labute approximate surface area is 131 Å². The van der Waals surface area contributed by atoms with Crippen molar-refractivity contribution in [2.75, 3.05) is 33.3 Å². The fourth-order valence-corrected chi connectivity index (χ4v) is 3.90. The van der Waals surface area contributed by atoms with Crippen LogP contribution >= 0.6 is 0 Å². The first kappa shape index (κ1) is 17.2. The van der Waals surface area contributed by atoms with Gasteiger partial charge in [-0.05, 0) is 65.3 Å². The summed E-state index contributed by atoms with van der Waals surface area (Å²) in [7, 11) is 2.29. The third-order valence-corrected chi connectivity index (χ3v) is 5.05. The predicted octanol–water partition coefficient (Wildman–Crippen LogP) is 3.44. The van der Waals surface area contributed by atoms with E-state index in [0.717, 1.165) is 19.7 Å². The van der Waals surface area contributed by atoms with E-state index >= 15 is 0 Å². The second kappa shape index (κ2) is 7.43. The number of hydrogen-bond acceptors (Lipinski definition) is 3. The van der Waals surface area contributed by atoms with Crippen molar-refractivity contribution in [2.24, 2.45) is 5.41 Å². The van der Waals surface area contributed by atoms with E-state index in [1.165, 1.54) is 51.5 Å². The maximum absolute atomic E-state index is 5.90. The maximum atomic E-state index is 5.90. The minimum atomic E-state index is 0.223. The Hall–Kier alpha value is -0.120. The molecule has 0 aromatic carbocycles. The molecule has 1 saturated heterocycles. The van der Waals surface area contributed by atoms with Crippen molar-refractivity contribution in [3.8, 4) is 0 Å². The molecular weight excluding hydrogens is 260 g/mol. The summed E-state index contributed by atoms with van der Waals surface area (Å²) in [6, 6.07) is 0. The van der Waals surface area contributed by atoms with E-state index in [1.807, 2.05) is 0 Å². The maximum Gasteiger partial charge on any atom is 0.0701 e. The fraction of sp³-hybridized carbons (Fsp3) is 1.00. The van der Waals surface area contributed by atoms with Crippen LogP contribution in [0.15, 0.2) is 0 Å². The van der Waals surface area contributed by atoms with Crippen LogP contribution in [-0.4, -0.2) is 49.8 Å². The van der Waals surface area contributed by atoms with Crippen LogP contribution in [0.3, 0.4) is 0 Å². The van der Waals surface area contributed by atoms with E-state index in [0.29, 0.717) is 11.5 Å². The Morgan fingerprint density at radius 2 is 1.86 bits per heavy atom. The van der Waals surface area contributed by atoms with E-state index in [2.05, 4.69) is 38.0 Å². The fourth-order valence-electron chi connectivity index (χ4n) is 3.90. The van der Waals surface area contributed by atoms with Crippen molar-refractivity contribution in [2.45, 2.75) is 77.4 Å². The molecule has 0 amide bonds. The smallest absolute Gasteiger partial charge is 0.0701 e. The van der Waals surface area contributed by atoms with Gasteiger partial charge in [0.05, 0.1) is 6.10 Å². The highest BCUT2D eigenvalue weighted by molar-refractivity contribution is 4.91. The molecule has 3 heteroatoms. The van der Waals surface area contributed by atoms with Crippen LogP contribution in [0.25, 0.3) is 0 Å². The number of ether oxygens (including phenoxy) is 1. The number of hydrogen-bond donors (Lipinski definition) is 1. The number of nitrogens with one attached hydrogen (secondary N) is 1. The summed E-state index contributed by atoms with van der Waals surface area (Å²) in [5.74, 6) is 0. The van der Waals surface area contributed by atoms with Gasteiger partial charge in [-0.25, -0.2) is 0 Å². The van der Waals surface area contributed by atoms with Crippen LogP contribution in [0.5, 0.6) is 0 Å². The van der Waals surface area contributed by atoms with Crippen molar-refractivity contribution in [1.29, 1.82) is 0 Å². The van der Waals surface area contributed by atoms with Crippen LogP contribution in [0.4, 0.5) is 0 Å². The quantitative estimate of drug-likeness (QED) is 0.812. The highest BCUT2D eigenvalue weighted by Crippen LogP contribution is 2.38. The molecule has 1 aliphatic carbocycles. The molecule has 1 N–H and O–H groups in total. The molecule has 1 unspecified atom stereocenters. The number of likely N-dealkylation sites (N-methyl/N-ethyl adjacent to an activating group) is 1. The summed E-state index contributed by atoms with van der Waals surface area (Å²) in [6.45, 7) is 11.3. The minimum Gasteiger partial charge on any atom is -0.377 e. The largest absolute Gasteiger partial charge is 0.377 e. The molecule has 1 heterocycles. The topological polar surface area (TPSA) is 24.5 Å². The highest BCUT2D eigenvalue weighted by Gasteiger charge is 2.36. The molecule has 3 nitrogen and oxygen atoms in total. The zero-order chi connectivity index (χ0) is 15.3. The molecule has 0 aromatic rings. The molecule has 2 rings (SSSR count). The van der Waals surface area contributed by atoms with Crippen molar-refractivity contribution in [3.05, 3.63) is 0 Å². The molecule has 0 aromatic heterocycles. The van der Waals surface area contributed by atoms with E-state index in [4.69, 9.17) is 4.74 Å². The highest BCUT2D eigenvalue weighted by atomic mass is 16.5. The van der Waals surface area contributed by atoms with Gasteiger partial charge >= 0.3 is 0 Å². The molecule has 2 fully saturated rings. The lowest BCUT2D eigenvalue weighted by molar-refractivity contribution is -0.00793. The van der Waals surface area contributed by atoms with Crippen molar-refractivity contribution < 1.29 is 4.74 Å². The van der Waals surface area contributed by atoms with Crippen LogP contribution in [-0.2, 0) is 4.74 Å². The monoisotopic (exact) mass is 296 g/mol. The van der Waals surface area contributed by atoms with Gasteiger partial charge in [-0.15, -0.1) is 0 Å². The molecule has 124 valence electrons. The van der Waals surface area contributed by atoms with Crippen LogP contribution in [0.2, 0.25) is 0 Å². The summed E-state index contributed by atoms with van der Waals surface area (Å²) >= 11 is 0. The van der Waals surface area contributed by atoms with Gasteiger partial charge in [-0.1, -0.05) is 12.8 Å². The summed E-state index contributed by atoms with van der Waals surface area (Å²) in [5, 5.41) is 3.76. The first-order valence-electron chi connectivity index (χ1n) is 8.94. The van der Waals surface area contributed by atoms with Gasteiger partial charge in [0, 0.05) is 31.8 Å². The number of rotatable bonds is 6.